The van der Waals surface area contributed by atoms with E-state index in [2.05, 4.69) is 12.2 Å². The summed E-state index contributed by atoms with van der Waals surface area (Å²) < 4.78 is 16.0. The van der Waals surface area contributed by atoms with Crippen molar-refractivity contribution < 1.29 is 23.8 Å². The average molecular weight is 363 g/mol. The van der Waals surface area contributed by atoms with E-state index in [-0.39, 0.29) is 11.9 Å². The summed E-state index contributed by atoms with van der Waals surface area (Å²) in [7, 11) is 1.51. The van der Waals surface area contributed by atoms with Gasteiger partial charge in [-0.15, -0.1) is 0 Å². The fourth-order valence-electron chi connectivity index (χ4n) is 3.18. The number of methoxy groups -OCH3 is 1. The van der Waals surface area contributed by atoms with Crippen molar-refractivity contribution >= 4 is 11.9 Å². The van der Waals surface area contributed by atoms with Gasteiger partial charge in [-0.3, -0.25) is 4.79 Å². The van der Waals surface area contributed by atoms with E-state index in [9.17, 15) is 9.59 Å². The van der Waals surface area contributed by atoms with Crippen molar-refractivity contribution in [3.63, 3.8) is 0 Å². The van der Waals surface area contributed by atoms with Gasteiger partial charge in [0.05, 0.1) is 19.3 Å². The average Bonchev–Trinajstić information content (AvgIpc) is 2.64. The fraction of sp³-hybridized carbons (Fsp3) is 0.600. The minimum Gasteiger partial charge on any atom is -0.493 e. The summed E-state index contributed by atoms with van der Waals surface area (Å²) in [5.74, 6) is 0.643. The molecule has 0 aliphatic heterocycles. The number of benzene rings is 1. The molecular weight excluding hydrogens is 334 g/mol. The van der Waals surface area contributed by atoms with Gasteiger partial charge in [0.1, 0.15) is 0 Å². The molecule has 0 unspecified atom stereocenters. The Hall–Kier alpha value is -2.24. The van der Waals surface area contributed by atoms with Gasteiger partial charge in [0.15, 0.2) is 17.6 Å². The second-order valence-electron chi connectivity index (χ2n) is 6.72. The van der Waals surface area contributed by atoms with Crippen LogP contribution >= 0.6 is 0 Å². The molecule has 144 valence electrons. The maximum absolute atomic E-state index is 12.4. The van der Waals surface area contributed by atoms with Crippen LogP contribution in [0.25, 0.3) is 0 Å². The van der Waals surface area contributed by atoms with Crippen LogP contribution in [0.15, 0.2) is 18.2 Å². The maximum Gasteiger partial charge on any atom is 0.339 e. The lowest BCUT2D eigenvalue weighted by Crippen LogP contribution is -2.45. The minimum absolute atomic E-state index is 0.156. The largest absolute Gasteiger partial charge is 0.493 e. The van der Waals surface area contributed by atoms with Crippen LogP contribution in [0, 0.1) is 5.92 Å². The molecule has 1 N–H and O–H groups in total. The Morgan fingerprint density at radius 1 is 1.23 bits per heavy atom. The SMILES string of the molecule is CCOc1ccc(C(=O)O[C@H](C)C(=O)N[C@@H]2CCCC[C@@H]2C)cc1OC. The molecule has 0 aromatic heterocycles. The van der Waals surface area contributed by atoms with Gasteiger partial charge in [-0.05, 0) is 50.8 Å². The summed E-state index contributed by atoms with van der Waals surface area (Å²) in [6.07, 6.45) is 3.57. The zero-order chi connectivity index (χ0) is 19.1. The van der Waals surface area contributed by atoms with E-state index in [0.29, 0.717) is 29.6 Å². The van der Waals surface area contributed by atoms with Gasteiger partial charge in [-0.1, -0.05) is 19.8 Å². The predicted octanol–water partition coefficient (Wildman–Crippen LogP) is 3.33. The Morgan fingerprint density at radius 2 is 1.96 bits per heavy atom. The van der Waals surface area contributed by atoms with Crippen molar-refractivity contribution in [3.05, 3.63) is 23.8 Å². The van der Waals surface area contributed by atoms with Crippen LogP contribution in [0.5, 0.6) is 11.5 Å². The molecule has 2 rings (SSSR count). The molecule has 1 saturated carbocycles. The van der Waals surface area contributed by atoms with Crippen LogP contribution in [0.4, 0.5) is 0 Å². The van der Waals surface area contributed by atoms with Crippen LogP contribution in [0.3, 0.4) is 0 Å². The van der Waals surface area contributed by atoms with Gasteiger partial charge in [-0.2, -0.15) is 0 Å². The van der Waals surface area contributed by atoms with E-state index in [1.165, 1.54) is 13.5 Å². The molecular formula is C20H29NO5. The molecule has 1 aromatic carbocycles. The van der Waals surface area contributed by atoms with Crippen molar-refractivity contribution in [2.45, 2.75) is 58.6 Å². The number of rotatable bonds is 7. The monoisotopic (exact) mass is 363 g/mol. The fourth-order valence-corrected chi connectivity index (χ4v) is 3.18. The third kappa shape index (κ3) is 5.13. The van der Waals surface area contributed by atoms with E-state index in [4.69, 9.17) is 14.2 Å². The van der Waals surface area contributed by atoms with Gasteiger partial charge in [-0.25, -0.2) is 4.79 Å². The van der Waals surface area contributed by atoms with Crippen molar-refractivity contribution in [2.24, 2.45) is 5.92 Å². The van der Waals surface area contributed by atoms with Gasteiger partial charge in [0.2, 0.25) is 0 Å². The second kappa shape index (κ2) is 9.46. The number of ether oxygens (including phenoxy) is 3. The first kappa shape index (κ1) is 20.1. The Morgan fingerprint density at radius 3 is 2.62 bits per heavy atom. The highest BCUT2D eigenvalue weighted by atomic mass is 16.5. The molecule has 1 aromatic rings. The molecule has 6 nitrogen and oxygen atoms in total. The smallest absolute Gasteiger partial charge is 0.339 e. The first-order valence-corrected chi connectivity index (χ1v) is 9.28. The highest BCUT2D eigenvalue weighted by Crippen LogP contribution is 2.28. The van der Waals surface area contributed by atoms with Gasteiger partial charge in [0, 0.05) is 6.04 Å². The topological polar surface area (TPSA) is 73.9 Å². The normalized spacial score (nSPS) is 20.8. The third-order valence-corrected chi connectivity index (χ3v) is 4.79. The number of hydrogen-bond acceptors (Lipinski definition) is 5. The molecule has 0 radical (unpaired) electrons. The number of amides is 1. The molecule has 0 saturated heterocycles. The van der Waals surface area contributed by atoms with Crippen LogP contribution < -0.4 is 14.8 Å². The Kier molecular flexibility index (Phi) is 7.30. The standard InChI is InChI=1S/C20H29NO5/c1-5-25-17-11-10-15(12-18(17)24-4)20(23)26-14(3)19(22)21-16-9-7-6-8-13(16)2/h10-14,16H,5-9H2,1-4H3,(H,21,22)/t13-,14+,16+/m0/s1. The van der Waals surface area contributed by atoms with E-state index in [1.54, 1.807) is 25.1 Å². The van der Waals surface area contributed by atoms with Crippen molar-refractivity contribution in [1.82, 2.24) is 5.32 Å². The van der Waals surface area contributed by atoms with Gasteiger partial charge < -0.3 is 19.5 Å². The van der Waals surface area contributed by atoms with Crippen LogP contribution in [-0.4, -0.2) is 37.7 Å². The number of hydrogen-bond donors (Lipinski definition) is 1. The lowest BCUT2D eigenvalue weighted by Gasteiger charge is -2.30. The first-order chi connectivity index (χ1) is 12.5. The lowest BCUT2D eigenvalue weighted by molar-refractivity contribution is -0.130. The molecule has 0 spiro atoms. The quantitative estimate of drug-likeness (QED) is 0.752. The van der Waals surface area contributed by atoms with Gasteiger partial charge in [0.25, 0.3) is 5.91 Å². The number of carbonyl (C=O) groups excluding carboxylic acids is 2. The molecule has 0 bridgehead atoms. The van der Waals surface area contributed by atoms with E-state index >= 15 is 0 Å². The van der Waals surface area contributed by atoms with Crippen molar-refractivity contribution in [2.75, 3.05) is 13.7 Å². The number of nitrogens with one attached hydrogen (secondary N) is 1. The second-order valence-corrected chi connectivity index (χ2v) is 6.72. The summed E-state index contributed by atoms with van der Waals surface area (Å²) in [4.78, 5) is 24.7. The molecule has 6 heteroatoms. The van der Waals surface area contributed by atoms with E-state index < -0.39 is 12.1 Å². The summed E-state index contributed by atoms with van der Waals surface area (Å²) in [6, 6.07) is 4.97. The third-order valence-electron chi connectivity index (χ3n) is 4.79. The number of carbonyl (C=O) groups is 2. The maximum atomic E-state index is 12.4. The molecule has 26 heavy (non-hydrogen) atoms. The summed E-state index contributed by atoms with van der Waals surface area (Å²) in [5.41, 5.74) is 0.316. The number of esters is 1. The van der Waals surface area contributed by atoms with Crippen LogP contribution in [0.1, 0.15) is 56.8 Å². The zero-order valence-electron chi connectivity index (χ0n) is 16.0. The first-order valence-electron chi connectivity index (χ1n) is 9.28. The van der Waals surface area contributed by atoms with Crippen LogP contribution in [0.2, 0.25) is 0 Å². The van der Waals surface area contributed by atoms with E-state index in [1.807, 2.05) is 6.92 Å². The Bertz CT molecular complexity index is 631. The Labute approximate surface area is 155 Å². The van der Waals surface area contributed by atoms with Crippen molar-refractivity contribution in [1.29, 1.82) is 0 Å². The van der Waals surface area contributed by atoms with Gasteiger partial charge >= 0.3 is 5.97 Å². The summed E-state index contributed by atoms with van der Waals surface area (Å²) >= 11 is 0. The summed E-state index contributed by atoms with van der Waals surface area (Å²) in [5, 5.41) is 3.01. The predicted molar refractivity (Wildman–Crippen MR) is 98.6 cm³/mol. The Balaban J connectivity index is 1.96. The molecule has 1 aliphatic rings. The molecule has 1 amide bonds. The minimum atomic E-state index is -0.853. The summed E-state index contributed by atoms with van der Waals surface area (Å²) in [6.45, 7) is 6.10. The molecule has 0 heterocycles. The zero-order valence-corrected chi connectivity index (χ0v) is 16.0. The van der Waals surface area contributed by atoms with E-state index in [0.717, 1.165) is 19.3 Å². The molecule has 1 fully saturated rings. The lowest BCUT2D eigenvalue weighted by atomic mass is 9.86. The highest BCUT2D eigenvalue weighted by Gasteiger charge is 2.26. The van der Waals surface area contributed by atoms with Crippen LogP contribution in [-0.2, 0) is 9.53 Å². The van der Waals surface area contributed by atoms with Crippen molar-refractivity contribution in [3.8, 4) is 11.5 Å². The molecule has 3 atom stereocenters. The molecule has 1 aliphatic carbocycles. The highest BCUT2D eigenvalue weighted by molar-refractivity contribution is 5.92.